The standard InChI is InChI=1S/C18H24O5/c19-12-6-7-13-23-17(21)15-10-4-5-11-18(15,22)16(20)14-8-2-1-3-9-14/h1-3,8-9,15,19,22H,4-7,10-13H2. The first-order valence-electron chi connectivity index (χ1n) is 8.19. The Balaban J connectivity index is 2.10. The molecule has 0 bridgehead atoms. The highest BCUT2D eigenvalue weighted by Crippen LogP contribution is 2.37. The fourth-order valence-electron chi connectivity index (χ4n) is 3.07. The largest absolute Gasteiger partial charge is 0.465 e. The van der Waals surface area contributed by atoms with Gasteiger partial charge in [0.2, 0.25) is 0 Å². The number of benzene rings is 1. The number of hydrogen-bond acceptors (Lipinski definition) is 5. The number of carbonyl (C=O) groups is 2. The summed E-state index contributed by atoms with van der Waals surface area (Å²) in [5.41, 5.74) is -1.27. The Kier molecular flexibility index (Phi) is 6.30. The lowest BCUT2D eigenvalue weighted by Gasteiger charge is -2.37. The van der Waals surface area contributed by atoms with Gasteiger partial charge in [0.25, 0.3) is 0 Å². The van der Waals surface area contributed by atoms with Crippen molar-refractivity contribution in [1.82, 2.24) is 0 Å². The van der Waals surface area contributed by atoms with Gasteiger partial charge in [-0.15, -0.1) is 0 Å². The van der Waals surface area contributed by atoms with Gasteiger partial charge in [-0.1, -0.05) is 43.2 Å². The van der Waals surface area contributed by atoms with E-state index in [4.69, 9.17) is 9.84 Å². The first-order valence-corrected chi connectivity index (χ1v) is 8.19. The Morgan fingerprint density at radius 1 is 1.17 bits per heavy atom. The second kappa shape index (κ2) is 8.22. The molecule has 2 rings (SSSR count). The van der Waals surface area contributed by atoms with E-state index in [2.05, 4.69) is 0 Å². The van der Waals surface area contributed by atoms with Gasteiger partial charge >= 0.3 is 5.97 Å². The van der Waals surface area contributed by atoms with Crippen LogP contribution in [0.2, 0.25) is 0 Å². The van der Waals surface area contributed by atoms with Crippen molar-refractivity contribution in [2.75, 3.05) is 13.2 Å². The molecule has 0 heterocycles. The Labute approximate surface area is 136 Å². The second-order valence-electron chi connectivity index (χ2n) is 6.02. The Bertz CT molecular complexity index is 527. The summed E-state index contributed by atoms with van der Waals surface area (Å²) in [6.45, 7) is 0.253. The summed E-state index contributed by atoms with van der Waals surface area (Å²) in [7, 11) is 0. The maximum atomic E-state index is 12.7. The third-order valence-corrected chi connectivity index (χ3v) is 4.39. The molecular weight excluding hydrogens is 296 g/mol. The Morgan fingerprint density at radius 2 is 1.91 bits per heavy atom. The van der Waals surface area contributed by atoms with E-state index in [1.807, 2.05) is 0 Å². The minimum atomic E-state index is -1.69. The van der Waals surface area contributed by atoms with Gasteiger partial charge in [-0.2, -0.15) is 0 Å². The number of ether oxygens (including phenoxy) is 1. The highest BCUT2D eigenvalue weighted by Gasteiger charge is 2.49. The van der Waals surface area contributed by atoms with E-state index in [0.29, 0.717) is 31.2 Å². The summed E-state index contributed by atoms with van der Waals surface area (Å²) in [5.74, 6) is -1.75. The fourth-order valence-corrected chi connectivity index (χ4v) is 3.07. The van der Waals surface area contributed by atoms with Crippen LogP contribution in [-0.4, -0.2) is 40.8 Å². The van der Waals surface area contributed by atoms with Crippen LogP contribution in [0.5, 0.6) is 0 Å². The van der Waals surface area contributed by atoms with Gasteiger partial charge in [0.1, 0.15) is 5.60 Å². The summed E-state index contributed by atoms with van der Waals surface area (Å²) in [6, 6.07) is 8.58. The van der Waals surface area contributed by atoms with Crippen LogP contribution in [-0.2, 0) is 9.53 Å². The van der Waals surface area contributed by atoms with Crippen molar-refractivity contribution in [3.05, 3.63) is 35.9 Å². The van der Waals surface area contributed by atoms with E-state index in [9.17, 15) is 14.7 Å². The average molecular weight is 320 g/mol. The molecule has 0 saturated heterocycles. The van der Waals surface area contributed by atoms with E-state index in [0.717, 1.165) is 6.42 Å². The number of unbranched alkanes of at least 4 members (excludes halogenated alkanes) is 1. The monoisotopic (exact) mass is 320 g/mol. The zero-order valence-electron chi connectivity index (χ0n) is 13.2. The lowest BCUT2D eigenvalue weighted by atomic mass is 9.71. The molecule has 2 atom stereocenters. The molecule has 0 radical (unpaired) electrons. The third-order valence-electron chi connectivity index (χ3n) is 4.39. The van der Waals surface area contributed by atoms with Crippen molar-refractivity contribution in [1.29, 1.82) is 0 Å². The number of hydrogen-bond donors (Lipinski definition) is 2. The fraction of sp³-hybridized carbons (Fsp3) is 0.556. The van der Waals surface area contributed by atoms with Crippen LogP contribution in [0.15, 0.2) is 30.3 Å². The molecule has 0 aromatic heterocycles. The van der Waals surface area contributed by atoms with Crippen molar-refractivity contribution >= 4 is 11.8 Å². The molecule has 1 aromatic rings. The van der Waals surface area contributed by atoms with Gasteiger partial charge in [0.05, 0.1) is 12.5 Å². The van der Waals surface area contributed by atoms with Crippen molar-refractivity contribution in [2.45, 2.75) is 44.1 Å². The maximum Gasteiger partial charge on any atom is 0.312 e. The van der Waals surface area contributed by atoms with E-state index >= 15 is 0 Å². The molecular formula is C18H24O5. The van der Waals surface area contributed by atoms with E-state index < -0.39 is 23.3 Å². The molecule has 0 amide bonds. The normalized spacial score (nSPS) is 24.2. The smallest absolute Gasteiger partial charge is 0.312 e. The molecule has 1 saturated carbocycles. The van der Waals surface area contributed by atoms with Gasteiger partial charge in [-0.3, -0.25) is 9.59 Å². The zero-order chi connectivity index (χ0) is 16.7. The zero-order valence-corrected chi connectivity index (χ0v) is 13.2. The highest BCUT2D eigenvalue weighted by atomic mass is 16.5. The van der Waals surface area contributed by atoms with E-state index in [1.165, 1.54) is 0 Å². The molecule has 1 aliphatic carbocycles. The Morgan fingerprint density at radius 3 is 2.61 bits per heavy atom. The summed E-state index contributed by atoms with van der Waals surface area (Å²) < 4.78 is 5.20. The summed E-state index contributed by atoms with van der Waals surface area (Å²) in [6.07, 6.45) is 3.36. The lowest BCUT2D eigenvalue weighted by Crippen LogP contribution is -2.51. The Hall–Kier alpha value is -1.72. The van der Waals surface area contributed by atoms with Gasteiger partial charge in [-0.05, 0) is 25.7 Å². The van der Waals surface area contributed by atoms with Crippen LogP contribution < -0.4 is 0 Å². The molecule has 23 heavy (non-hydrogen) atoms. The van der Waals surface area contributed by atoms with Crippen molar-refractivity contribution < 1.29 is 24.5 Å². The SMILES string of the molecule is O=C(OCCCCO)C1CCCCC1(O)C(=O)c1ccccc1. The van der Waals surface area contributed by atoms with Crippen LogP contribution in [0.4, 0.5) is 0 Å². The molecule has 126 valence electrons. The number of esters is 1. The third kappa shape index (κ3) is 4.18. The van der Waals surface area contributed by atoms with Gasteiger partial charge in [0, 0.05) is 12.2 Å². The number of carbonyl (C=O) groups excluding carboxylic acids is 2. The molecule has 1 aliphatic rings. The minimum absolute atomic E-state index is 0.0530. The number of aliphatic hydroxyl groups is 2. The predicted octanol–water partition coefficient (Wildman–Crippen LogP) is 2.11. The number of rotatable bonds is 7. The lowest BCUT2D eigenvalue weighted by molar-refractivity contribution is -0.159. The quantitative estimate of drug-likeness (QED) is 0.457. The van der Waals surface area contributed by atoms with Gasteiger partial charge in [0.15, 0.2) is 5.78 Å². The van der Waals surface area contributed by atoms with Crippen molar-refractivity contribution in [3.63, 3.8) is 0 Å². The molecule has 0 aliphatic heterocycles. The van der Waals surface area contributed by atoms with Gasteiger partial charge in [-0.25, -0.2) is 0 Å². The topological polar surface area (TPSA) is 83.8 Å². The first kappa shape index (κ1) is 17.6. The van der Waals surface area contributed by atoms with Crippen molar-refractivity contribution in [2.24, 2.45) is 5.92 Å². The van der Waals surface area contributed by atoms with Gasteiger partial charge < -0.3 is 14.9 Å². The minimum Gasteiger partial charge on any atom is -0.465 e. The van der Waals surface area contributed by atoms with Crippen LogP contribution in [0.1, 0.15) is 48.9 Å². The van der Waals surface area contributed by atoms with Crippen LogP contribution in [0, 0.1) is 5.92 Å². The number of ketones is 1. The molecule has 2 unspecified atom stereocenters. The maximum absolute atomic E-state index is 12.7. The predicted molar refractivity (Wildman–Crippen MR) is 85.0 cm³/mol. The molecule has 1 aromatic carbocycles. The highest BCUT2D eigenvalue weighted by molar-refractivity contribution is 6.04. The first-order chi connectivity index (χ1) is 11.1. The second-order valence-corrected chi connectivity index (χ2v) is 6.02. The molecule has 5 nitrogen and oxygen atoms in total. The summed E-state index contributed by atoms with van der Waals surface area (Å²) in [5, 5.41) is 19.7. The van der Waals surface area contributed by atoms with E-state index in [-0.39, 0.29) is 19.6 Å². The summed E-state index contributed by atoms with van der Waals surface area (Å²) in [4.78, 5) is 25.0. The summed E-state index contributed by atoms with van der Waals surface area (Å²) >= 11 is 0. The number of aliphatic hydroxyl groups excluding tert-OH is 1. The van der Waals surface area contributed by atoms with Crippen LogP contribution >= 0.6 is 0 Å². The van der Waals surface area contributed by atoms with Crippen LogP contribution in [0.25, 0.3) is 0 Å². The van der Waals surface area contributed by atoms with E-state index in [1.54, 1.807) is 30.3 Å². The molecule has 1 fully saturated rings. The molecule has 5 heteroatoms. The number of Topliss-reactive ketones (excluding diaryl/α,β-unsaturated/α-hetero) is 1. The average Bonchev–Trinajstić information content (AvgIpc) is 2.59. The molecule has 2 N–H and O–H groups in total. The van der Waals surface area contributed by atoms with Crippen molar-refractivity contribution in [3.8, 4) is 0 Å². The van der Waals surface area contributed by atoms with Crippen LogP contribution in [0.3, 0.4) is 0 Å². The molecule has 0 spiro atoms.